The zero-order valence-electron chi connectivity index (χ0n) is 16.8. The van der Waals surface area contributed by atoms with Crippen molar-refractivity contribution < 1.29 is 28.7 Å². The lowest BCUT2D eigenvalue weighted by Gasteiger charge is -2.17. The van der Waals surface area contributed by atoms with Crippen LogP contribution in [0.15, 0.2) is 54.6 Å². The van der Waals surface area contributed by atoms with E-state index < -0.39 is 36.2 Å². The molecule has 160 valence electrons. The number of benzene rings is 2. The first-order chi connectivity index (χ1) is 14.8. The van der Waals surface area contributed by atoms with Gasteiger partial charge in [-0.1, -0.05) is 30.3 Å². The molecule has 0 saturated carbocycles. The number of hydrogen-bond donors (Lipinski definition) is 2. The van der Waals surface area contributed by atoms with Gasteiger partial charge < -0.3 is 10.1 Å². The molecule has 2 N–H and O–H groups in total. The number of carbonyl (C=O) groups excluding carboxylic acids is 5. The minimum absolute atomic E-state index is 0.0431. The lowest BCUT2D eigenvalue weighted by atomic mass is 10.1. The highest BCUT2D eigenvalue weighted by Crippen LogP contribution is 2.18. The standard InChI is InChI=1S/C22H21N3O6/c1-14(26)16-8-5-9-18(10-16)23-19(27)13-31-22(30)17-11-20(28)25(12-17)24-21(29)15-6-3-2-4-7-15/h2-10,17H,11-13H2,1H3,(H,23,27)(H,24,29)/t17-/m0/s1. The molecule has 0 aliphatic carbocycles. The van der Waals surface area contributed by atoms with Gasteiger partial charge in [-0.15, -0.1) is 0 Å². The van der Waals surface area contributed by atoms with Gasteiger partial charge in [0.05, 0.1) is 12.5 Å². The average Bonchev–Trinajstić information content (AvgIpc) is 3.13. The molecule has 2 aromatic carbocycles. The molecule has 2 aromatic rings. The smallest absolute Gasteiger partial charge is 0.311 e. The van der Waals surface area contributed by atoms with Gasteiger partial charge in [-0.2, -0.15) is 0 Å². The Morgan fingerprint density at radius 2 is 1.74 bits per heavy atom. The number of rotatable bonds is 7. The highest BCUT2D eigenvalue weighted by atomic mass is 16.5. The fraction of sp³-hybridized carbons (Fsp3) is 0.227. The third-order valence-corrected chi connectivity index (χ3v) is 4.63. The summed E-state index contributed by atoms with van der Waals surface area (Å²) in [6.45, 7) is 0.833. The maximum atomic E-state index is 12.3. The molecular formula is C22H21N3O6. The van der Waals surface area contributed by atoms with Gasteiger partial charge >= 0.3 is 5.97 Å². The van der Waals surface area contributed by atoms with E-state index >= 15 is 0 Å². The van der Waals surface area contributed by atoms with Crippen LogP contribution in [0, 0.1) is 5.92 Å². The van der Waals surface area contributed by atoms with Crippen molar-refractivity contribution in [3.05, 3.63) is 65.7 Å². The predicted octanol–water partition coefficient (Wildman–Crippen LogP) is 1.56. The molecule has 9 heteroatoms. The summed E-state index contributed by atoms with van der Waals surface area (Å²) in [5, 5.41) is 3.62. The molecule has 0 unspecified atom stereocenters. The van der Waals surface area contributed by atoms with Gasteiger partial charge in [-0.25, -0.2) is 0 Å². The van der Waals surface area contributed by atoms with Crippen LogP contribution in [-0.2, 0) is 19.1 Å². The average molecular weight is 423 g/mol. The van der Waals surface area contributed by atoms with Crippen LogP contribution < -0.4 is 10.7 Å². The van der Waals surface area contributed by atoms with Crippen molar-refractivity contribution in [1.82, 2.24) is 10.4 Å². The molecule has 1 heterocycles. The Hall–Kier alpha value is -4.01. The summed E-state index contributed by atoms with van der Waals surface area (Å²) in [6.07, 6.45) is -0.129. The number of nitrogens with one attached hydrogen (secondary N) is 2. The van der Waals surface area contributed by atoms with Gasteiger partial charge in [-0.3, -0.25) is 34.4 Å². The van der Waals surface area contributed by atoms with Gasteiger partial charge in [0, 0.05) is 23.2 Å². The van der Waals surface area contributed by atoms with Crippen LogP contribution in [0.25, 0.3) is 0 Å². The highest BCUT2D eigenvalue weighted by Gasteiger charge is 2.36. The fourth-order valence-electron chi connectivity index (χ4n) is 3.02. The molecule has 1 atom stereocenters. The third kappa shape index (κ3) is 5.75. The van der Waals surface area contributed by atoms with E-state index in [0.717, 1.165) is 5.01 Å². The van der Waals surface area contributed by atoms with Gasteiger partial charge in [0.15, 0.2) is 12.4 Å². The van der Waals surface area contributed by atoms with Crippen molar-refractivity contribution in [3.63, 3.8) is 0 Å². The van der Waals surface area contributed by atoms with Crippen LogP contribution in [0.3, 0.4) is 0 Å². The monoisotopic (exact) mass is 423 g/mol. The van der Waals surface area contributed by atoms with Crippen LogP contribution in [0.5, 0.6) is 0 Å². The number of amides is 3. The Morgan fingerprint density at radius 1 is 1.03 bits per heavy atom. The SMILES string of the molecule is CC(=O)c1cccc(NC(=O)COC(=O)[C@H]2CC(=O)N(NC(=O)c3ccccc3)C2)c1. The molecule has 1 saturated heterocycles. The second-order valence-electron chi connectivity index (χ2n) is 7.01. The number of ether oxygens (including phenoxy) is 1. The number of esters is 1. The van der Waals surface area contributed by atoms with E-state index in [0.29, 0.717) is 16.8 Å². The van der Waals surface area contributed by atoms with Gasteiger partial charge in [0.1, 0.15) is 0 Å². The molecule has 3 rings (SSSR count). The summed E-state index contributed by atoms with van der Waals surface area (Å²) in [7, 11) is 0. The first-order valence-corrected chi connectivity index (χ1v) is 9.57. The number of anilines is 1. The maximum Gasteiger partial charge on any atom is 0.311 e. The van der Waals surface area contributed by atoms with Crippen LogP contribution in [0.2, 0.25) is 0 Å². The lowest BCUT2D eigenvalue weighted by Crippen LogP contribution is -2.43. The number of nitrogens with zero attached hydrogens (tertiary/aromatic N) is 1. The van der Waals surface area contributed by atoms with Crippen LogP contribution >= 0.6 is 0 Å². The Morgan fingerprint density at radius 3 is 2.45 bits per heavy atom. The fourth-order valence-corrected chi connectivity index (χ4v) is 3.02. The number of hydrogen-bond acceptors (Lipinski definition) is 6. The topological polar surface area (TPSA) is 122 Å². The molecule has 0 spiro atoms. The molecule has 31 heavy (non-hydrogen) atoms. The number of hydrazine groups is 1. The summed E-state index contributed by atoms with van der Waals surface area (Å²) < 4.78 is 5.01. The summed E-state index contributed by atoms with van der Waals surface area (Å²) in [5.74, 6) is -3.10. The third-order valence-electron chi connectivity index (χ3n) is 4.63. The van der Waals surface area contributed by atoms with Gasteiger partial charge in [-0.05, 0) is 31.2 Å². The second-order valence-corrected chi connectivity index (χ2v) is 7.01. The lowest BCUT2D eigenvalue weighted by molar-refractivity contribution is -0.151. The Bertz CT molecular complexity index is 1020. The van der Waals surface area contributed by atoms with Crippen molar-refractivity contribution in [1.29, 1.82) is 0 Å². The van der Waals surface area contributed by atoms with E-state index in [1.54, 1.807) is 48.5 Å². The zero-order chi connectivity index (χ0) is 22.4. The van der Waals surface area contributed by atoms with E-state index in [1.807, 2.05) is 0 Å². The van der Waals surface area contributed by atoms with Crippen molar-refractivity contribution in [2.24, 2.45) is 5.92 Å². The molecule has 0 radical (unpaired) electrons. The summed E-state index contributed by atoms with van der Waals surface area (Å²) >= 11 is 0. The molecule has 0 bridgehead atoms. The van der Waals surface area contributed by atoms with Crippen molar-refractivity contribution in [2.45, 2.75) is 13.3 Å². The van der Waals surface area contributed by atoms with Crippen LogP contribution in [0.4, 0.5) is 5.69 Å². The predicted molar refractivity (Wildman–Crippen MR) is 110 cm³/mol. The maximum absolute atomic E-state index is 12.3. The van der Waals surface area contributed by atoms with Crippen molar-refractivity contribution in [2.75, 3.05) is 18.5 Å². The van der Waals surface area contributed by atoms with E-state index in [4.69, 9.17) is 4.74 Å². The van der Waals surface area contributed by atoms with Crippen molar-refractivity contribution >= 4 is 35.2 Å². The van der Waals surface area contributed by atoms with Crippen LogP contribution in [0.1, 0.15) is 34.1 Å². The normalized spacial score (nSPS) is 15.3. The molecule has 1 aliphatic heterocycles. The molecule has 1 fully saturated rings. The minimum atomic E-state index is -0.794. The van der Waals surface area contributed by atoms with Gasteiger partial charge in [0.25, 0.3) is 11.8 Å². The summed E-state index contributed by atoms with van der Waals surface area (Å²) in [6, 6.07) is 14.7. The van der Waals surface area contributed by atoms with Gasteiger partial charge in [0.2, 0.25) is 5.91 Å². The molecule has 1 aliphatic rings. The zero-order valence-corrected chi connectivity index (χ0v) is 16.8. The Balaban J connectivity index is 1.48. The van der Waals surface area contributed by atoms with E-state index in [9.17, 15) is 24.0 Å². The van der Waals surface area contributed by atoms with E-state index in [2.05, 4.69) is 10.7 Å². The first-order valence-electron chi connectivity index (χ1n) is 9.57. The van der Waals surface area contributed by atoms with Crippen molar-refractivity contribution in [3.8, 4) is 0 Å². The molecule has 9 nitrogen and oxygen atoms in total. The molecule has 0 aromatic heterocycles. The summed E-state index contributed by atoms with van der Waals surface area (Å²) in [4.78, 5) is 60.0. The minimum Gasteiger partial charge on any atom is -0.455 e. The number of ketones is 1. The number of Topliss-reactive ketones (excluding diaryl/α,β-unsaturated/α-hetero) is 1. The second kappa shape index (κ2) is 9.66. The Labute approximate surface area is 178 Å². The van der Waals surface area contributed by atoms with E-state index in [-0.39, 0.29) is 18.7 Å². The molecular weight excluding hydrogens is 402 g/mol. The van der Waals surface area contributed by atoms with E-state index in [1.165, 1.54) is 13.0 Å². The molecule has 3 amide bonds. The highest BCUT2D eigenvalue weighted by molar-refractivity contribution is 5.98. The Kier molecular flexibility index (Phi) is 6.76. The van der Waals surface area contributed by atoms with Crippen LogP contribution in [-0.4, -0.2) is 47.6 Å². The quantitative estimate of drug-likeness (QED) is 0.515. The first kappa shape index (κ1) is 21.7. The largest absolute Gasteiger partial charge is 0.455 e. The number of carbonyl (C=O) groups is 5. The summed E-state index contributed by atoms with van der Waals surface area (Å²) in [5.41, 5.74) is 3.70.